The molecule has 108 valence electrons. The fourth-order valence-electron chi connectivity index (χ4n) is 2.62. The molecular formula is C20H15FO. The van der Waals surface area contributed by atoms with E-state index in [0.717, 1.165) is 34.1 Å². The third kappa shape index (κ3) is 2.68. The van der Waals surface area contributed by atoms with Crippen LogP contribution in [0, 0.1) is 12.7 Å². The molecule has 0 aliphatic rings. The van der Waals surface area contributed by atoms with E-state index in [1.807, 2.05) is 49.4 Å². The molecule has 0 radical (unpaired) electrons. The summed E-state index contributed by atoms with van der Waals surface area (Å²) in [4.78, 5) is 11.5. The van der Waals surface area contributed by atoms with Crippen LogP contribution in [-0.4, -0.2) is 6.29 Å². The predicted molar refractivity (Wildman–Crippen MR) is 87.4 cm³/mol. The van der Waals surface area contributed by atoms with E-state index in [1.165, 1.54) is 12.1 Å². The minimum atomic E-state index is -0.285. The number of aldehydes is 1. The number of hydrogen-bond donors (Lipinski definition) is 0. The van der Waals surface area contributed by atoms with E-state index in [1.54, 1.807) is 12.1 Å². The highest BCUT2D eigenvalue weighted by molar-refractivity contribution is 5.91. The van der Waals surface area contributed by atoms with Gasteiger partial charge in [0.25, 0.3) is 0 Å². The molecule has 22 heavy (non-hydrogen) atoms. The molecule has 3 aromatic rings. The average Bonchev–Trinajstić information content (AvgIpc) is 2.55. The van der Waals surface area contributed by atoms with Crippen LogP contribution in [0.5, 0.6) is 0 Å². The normalized spacial score (nSPS) is 10.5. The van der Waals surface area contributed by atoms with Gasteiger partial charge >= 0.3 is 0 Å². The van der Waals surface area contributed by atoms with E-state index in [9.17, 15) is 9.18 Å². The quantitative estimate of drug-likeness (QED) is 0.600. The Morgan fingerprint density at radius 3 is 2.14 bits per heavy atom. The second kappa shape index (κ2) is 5.94. The average molecular weight is 290 g/mol. The first-order valence-electron chi connectivity index (χ1n) is 7.10. The zero-order valence-electron chi connectivity index (χ0n) is 12.2. The SMILES string of the molecule is Cc1cc(-c2ccccc2)cc(-c2ccc(F)cc2)c1C=O. The molecule has 0 atom stereocenters. The molecule has 1 nitrogen and oxygen atoms in total. The van der Waals surface area contributed by atoms with Crippen molar-refractivity contribution >= 4 is 6.29 Å². The molecule has 2 heteroatoms. The van der Waals surface area contributed by atoms with Gasteiger partial charge in [-0.25, -0.2) is 4.39 Å². The summed E-state index contributed by atoms with van der Waals surface area (Å²) in [6.07, 6.45) is 0.864. The van der Waals surface area contributed by atoms with Crippen LogP contribution in [0.4, 0.5) is 4.39 Å². The van der Waals surface area contributed by atoms with Gasteiger partial charge in [-0.1, -0.05) is 48.5 Å². The fraction of sp³-hybridized carbons (Fsp3) is 0.0500. The van der Waals surface area contributed by atoms with Gasteiger partial charge in [0.1, 0.15) is 5.82 Å². The van der Waals surface area contributed by atoms with Gasteiger partial charge in [-0.05, 0) is 52.9 Å². The van der Waals surface area contributed by atoms with Crippen LogP contribution in [0.1, 0.15) is 15.9 Å². The molecule has 3 aromatic carbocycles. The molecule has 0 fully saturated rings. The molecule has 3 rings (SSSR count). The highest BCUT2D eigenvalue weighted by Crippen LogP contribution is 2.31. The van der Waals surface area contributed by atoms with Gasteiger partial charge in [0.2, 0.25) is 0 Å². The van der Waals surface area contributed by atoms with Gasteiger partial charge in [0.15, 0.2) is 6.29 Å². The number of hydrogen-bond acceptors (Lipinski definition) is 1. The molecule has 0 amide bonds. The number of carbonyl (C=O) groups is 1. The molecule has 0 saturated carbocycles. The smallest absolute Gasteiger partial charge is 0.150 e. The van der Waals surface area contributed by atoms with Gasteiger partial charge in [-0.3, -0.25) is 4.79 Å². The summed E-state index contributed by atoms with van der Waals surface area (Å²) in [7, 11) is 0. The lowest BCUT2D eigenvalue weighted by atomic mass is 9.92. The van der Waals surface area contributed by atoms with Gasteiger partial charge in [0.05, 0.1) is 0 Å². The van der Waals surface area contributed by atoms with E-state index < -0.39 is 0 Å². The largest absolute Gasteiger partial charge is 0.298 e. The summed E-state index contributed by atoms with van der Waals surface area (Å²) in [5.41, 5.74) is 5.36. The van der Waals surface area contributed by atoms with Crippen LogP contribution in [0.15, 0.2) is 66.7 Å². The van der Waals surface area contributed by atoms with Gasteiger partial charge in [-0.15, -0.1) is 0 Å². The van der Waals surface area contributed by atoms with E-state index in [4.69, 9.17) is 0 Å². The van der Waals surface area contributed by atoms with Crippen molar-refractivity contribution in [1.82, 2.24) is 0 Å². The number of carbonyl (C=O) groups excluding carboxylic acids is 1. The third-order valence-electron chi connectivity index (χ3n) is 3.77. The van der Waals surface area contributed by atoms with Crippen LogP contribution in [0.25, 0.3) is 22.3 Å². The molecule has 0 saturated heterocycles. The summed E-state index contributed by atoms with van der Waals surface area (Å²) in [5.74, 6) is -0.285. The topological polar surface area (TPSA) is 17.1 Å². The van der Waals surface area contributed by atoms with Gasteiger partial charge < -0.3 is 0 Å². The maximum absolute atomic E-state index is 13.1. The first kappa shape index (κ1) is 14.2. The maximum Gasteiger partial charge on any atom is 0.150 e. The number of benzene rings is 3. The van der Waals surface area contributed by atoms with Crippen LogP contribution < -0.4 is 0 Å². The molecular weight excluding hydrogens is 275 g/mol. The van der Waals surface area contributed by atoms with Crippen molar-refractivity contribution in [2.45, 2.75) is 6.92 Å². The minimum absolute atomic E-state index is 0.285. The molecule has 0 aromatic heterocycles. The van der Waals surface area contributed by atoms with Crippen LogP contribution in [0.3, 0.4) is 0 Å². The fourth-order valence-corrected chi connectivity index (χ4v) is 2.62. The van der Waals surface area contributed by atoms with Crippen molar-refractivity contribution in [2.75, 3.05) is 0 Å². The first-order chi connectivity index (χ1) is 10.7. The van der Waals surface area contributed by atoms with Crippen LogP contribution >= 0.6 is 0 Å². The minimum Gasteiger partial charge on any atom is -0.298 e. The Kier molecular flexibility index (Phi) is 3.84. The Balaban J connectivity index is 2.21. The Labute approximate surface area is 129 Å². The molecule has 0 unspecified atom stereocenters. The Bertz CT molecular complexity index is 805. The van der Waals surface area contributed by atoms with Crippen molar-refractivity contribution in [2.24, 2.45) is 0 Å². The Morgan fingerprint density at radius 1 is 0.818 bits per heavy atom. The monoisotopic (exact) mass is 290 g/mol. The van der Waals surface area contributed by atoms with E-state index >= 15 is 0 Å². The Hall–Kier alpha value is -2.74. The van der Waals surface area contributed by atoms with E-state index in [2.05, 4.69) is 0 Å². The molecule has 0 aliphatic carbocycles. The van der Waals surface area contributed by atoms with Gasteiger partial charge in [-0.2, -0.15) is 0 Å². The molecule has 0 N–H and O–H groups in total. The lowest BCUT2D eigenvalue weighted by molar-refractivity contribution is 0.112. The molecule has 0 aliphatic heterocycles. The summed E-state index contributed by atoms with van der Waals surface area (Å²) >= 11 is 0. The van der Waals surface area contributed by atoms with Crippen molar-refractivity contribution in [3.05, 3.63) is 83.7 Å². The molecule has 0 bridgehead atoms. The zero-order valence-corrected chi connectivity index (χ0v) is 12.2. The lowest BCUT2D eigenvalue weighted by Gasteiger charge is -2.12. The van der Waals surface area contributed by atoms with E-state index in [0.29, 0.717) is 5.56 Å². The Morgan fingerprint density at radius 2 is 1.50 bits per heavy atom. The summed E-state index contributed by atoms with van der Waals surface area (Å²) in [6.45, 7) is 1.92. The van der Waals surface area contributed by atoms with Crippen molar-refractivity contribution < 1.29 is 9.18 Å². The lowest BCUT2D eigenvalue weighted by Crippen LogP contribution is -1.94. The van der Waals surface area contributed by atoms with Crippen molar-refractivity contribution in [3.63, 3.8) is 0 Å². The van der Waals surface area contributed by atoms with Crippen LogP contribution in [0.2, 0.25) is 0 Å². The predicted octanol–water partition coefficient (Wildman–Crippen LogP) is 5.28. The van der Waals surface area contributed by atoms with Gasteiger partial charge in [0, 0.05) is 5.56 Å². The number of halogens is 1. The highest BCUT2D eigenvalue weighted by atomic mass is 19.1. The number of aryl methyl sites for hydroxylation is 1. The second-order valence-corrected chi connectivity index (χ2v) is 5.25. The maximum atomic E-state index is 13.1. The summed E-state index contributed by atoms with van der Waals surface area (Å²) in [6, 6.07) is 20.2. The zero-order chi connectivity index (χ0) is 15.5. The molecule has 0 spiro atoms. The molecule has 0 heterocycles. The van der Waals surface area contributed by atoms with Crippen molar-refractivity contribution in [1.29, 1.82) is 0 Å². The first-order valence-corrected chi connectivity index (χ1v) is 7.10. The standard InChI is InChI=1S/C20H15FO/c1-14-11-17(15-5-3-2-4-6-15)12-19(20(14)13-22)16-7-9-18(21)10-8-16/h2-13H,1H3. The van der Waals surface area contributed by atoms with Crippen molar-refractivity contribution in [3.8, 4) is 22.3 Å². The highest BCUT2D eigenvalue weighted by Gasteiger charge is 2.11. The summed E-state index contributed by atoms with van der Waals surface area (Å²) in [5, 5.41) is 0. The number of rotatable bonds is 3. The summed E-state index contributed by atoms with van der Waals surface area (Å²) < 4.78 is 13.1. The van der Waals surface area contributed by atoms with E-state index in [-0.39, 0.29) is 5.82 Å². The second-order valence-electron chi connectivity index (χ2n) is 5.25. The van der Waals surface area contributed by atoms with Crippen LogP contribution in [-0.2, 0) is 0 Å². The third-order valence-corrected chi connectivity index (χ3v) is 3.77.